The molecule has 6 nitrogen and oxygen atoms in total. The molecule has 10 heteroatoms. The molecule has 2 unspecified atom stereocenters. The van der Waals surface area contributed by atoms with Crippen molar-refractivity contribution in [1.82, 2.24) is 5.32 Å². The molecule has 35 heavy (non-hydrogen) atoms. The second kappa shape index (κ2) is 9.53. The molecular weight excluding hydrogens is 503 g/mol. The van der Waals surface area contributed by atoms with Crippen molar-refractivity contribution < 1.29 is 32.5 Å². The molecule has 0 aromatic heterocycles. The van der Waals surface area contributed by atoms with Gasteiger partial charge < -0.3 is 24.3 Å². The van der Waals surface area contributed by atoms with E-state index in [1.54, 1.807) is 12.1 Å². The number of carbonyl (C=O) groups is 1. The highest BCUT2D eigenvalue weighted by Gasteiger charge is 2.47. The lowest BCUT2D eigenvalue weighted by molar-refractivity contribution is -0.0459. The third-order valence-electron chi connectivity index (χ3n) is 5.72. The number of fused-ring (bicyclic) bond motifs is 1. The van der Waals surface area contributed by atoms with Crippen LogP contribution in [0.4, 0.5) is 13.6 Å². The summed E-state index contributed by atoms with van der Waals surface area (Å²) in [5.41, 5.74) is 0.764. The third kappa shape index (κ3) is 4.74. The van der Waals surface area contributed by atoms with Crippen LogP contribution in [0, 0.1) is 11.6 Å². The molecule has 182 valence electrons. The SMILES string of the molecule is O=C(NCC1CCCO1)Oc1cc2c(cc1F)OC(c1ccc(F)cc1)(c1ccc(Cl)cc1Cl)O2. The number of halogens is 4. The van der Waals surface area contributed by atoms with Gasteiger partial charge in [0.25, 0.3) is 0 Å². The normalized spacial score (nSPS) is 20.6. The summed E-state index contributed by atoms with van der Waals surface area (Å²) < 4.78 is 51.4. The van der Waals surface area contributed by atoms with E-state index in [0.29, 0.717) is 22.8 Å². The molecule has 0 aliphatic carbocycles. The summed E-state index contributed by atoms with van der Waals surface area (Å²) in [5, 5.41) is 3.17. The zero-order valence-electron chi connectivity index (χ0n) is 18.2. The predicted octanol–water partition coefficient (Wildman–Crippen LogP) is 6.21. The van der Waals surface area contributed by atoms with Crippen molar-refractivity contribution in [2.75, 3.05) is 13.2 Å². The van der Waals surface area contributed by atoms with E-state index >= 15 is 0 Å². The van der Waals surface area contributed by atoms with Crippen molar-refractivity contribution >= 4 is 29.3 Å². The Kier molecular flexibility index (Phi) is 6.44. The smallest absolute Gasteiger partial charge is 0.412 e. The van der Waals surface area contributed by atoms with Gasteiger partial charge in [-0.25, -0.2) is 13.6 Å². The van der Waals surface area contributed by atoms with E-state index in [4.69, 9.17) is 42.1 Å². The molecule has 2 heterocycles. The van der Waals surface area contributed by atoms with Crippen LogP contribution in [0.5, 0.6) is 17.2 Å². The molecule has 0 saturated carbocycles. The summed E-state index contributed by atoms with van der Waals surface area (Å²) >= 11 is 12.5. The van der Waals surface area contributed by atoms with E-state index in [-0.39, 0.29) is 34.9 Å². The van der Waals surface area contributed by atoms with E-state index in [0.717, 1.165) is 18.9 Å². The van der Waals surface area contributed by atoms with Crippen LogP contribution in [0.2, 0.25) is 10.0 Å². The van der Waals surface area contributed by atoms with Crippen LogP contribution in [-0.2, 0) is 10.5 Å². The van der Waals surface area contributed by atoms with Gasteiger partial charge in [0.2, 0.25) is 0 Å². The lowest BCUT2D eigenvalue weighted by Gasteiger charge is -2.29. The molecule has 1 amide bonds. The second-order valence-corrected chi connectivity index (χ2v) is 8.93. The largest absolute Gasteiger partial charge is 0.440 e. The molecule has 5 rings (SSSR count). The maximum Gasteiger partial charge on any atom is 0.412 e. The molecule has 3 aromatic rings. The van der Waals surface area contributed by atoms with E-state index in [1.165, 1.54) is 36.4 Å². The minimum absolute atomic E-state index is 0.0463. The van der Waals surface area contributed by atoms with Gasteiger partial charge in [-0.05, 0) is 55.3 Å². The Morgan fingerprint density at radius 1 is 1.06 bits per heavy atom. The lowest BCUT2D eigenvalue weighted by atomic mass is 9.97. The molecule has 1 saturated heterocycles. The number of nitrogens with one attached hydrogen (secondary N) is 1. The Balaban J connectivity index is 1.45. The molecule has 0 spiro atoms. The van der Waals surface area contributed by atoms with Gasteiger partial charge in [0.1, 0.15) is 5.82 Å². The van der Waals surface area contributed by atoms with Crippen molar-refractivity contribution in [2.45, 2.75) is 24.7 Å². The first-order valence-electron chi connectivity index (χ1n) is 10.8. The molecule has 3 aromatic carbocycles. The zero-order chi connectivity index (χ0) is 24.6. The average Bonchev–Trinajstić information content (AvgIpc) is 3.47. The van der Waals surface area contributed by atoms with Gasteiger partial charge in [0.05, 0.1) is 16.7 Å². The first-order valence-corrected chi connectivity index (χ1v) is 11.6. The van der Waals surface area contributed by atoms with Crippen LogP contribution in [0.1, 0.15) is 24.0 Å². The van der Waals surface area contributed by atoms with E-state index in [1.807, 2.05) is 0 Å². The monoisotopic (exact) mass is 521 g/mol. The summed E-state index contributed by atoms with van der Waals surface area (Å²) in [6, 6.07) is 12.4. The van der Waals surface area contributed by atoms with Crippen molar-refractivity contribution in [2.24, 2.45) is 0 Å². The minimum Gasteiger partial charge on any atom is -0.440 e. The average molecular weight is 522 g/mol. The van der Waals surface area contributed by atoms with Crippen molar-refractivity contribution in [3.8, 4) is 17.2 Å². The number of benzene rings is 3. The van der Waals surface area contributed by atoms with E-state index < -0.39 is 23.5 Å². The quantitative estimate of drug-likeness (QED) is 0.432. The van der Waals surface area contributed by atoms with Crippen LogP contribution in [-0.4, -0.2) is 25.3 Å². The van der Waals surface area contributed by atoms with Gasteiger partial charge >= 0.3 is 11.9 Å². The Bertz CT molecular complexity index is 1270. The Morgan fingerprint density at radius 2 is 1.80 bits per heavy atom. The summed E-state index contributed by atoms with van der Waals surface area (Å²) in [7, 11) is 0. The van der Waals surface area contributed by atoms with Crippen molar-refractivity contribution in [3.05, 3.63) is 87.4 Å². The highest BCUT2D eigenvalue weighted by molar-refractivity contribution is 6.35. The Labute approximate surface area is 209 Å². The molecule has 0 bridgehead atoms. The van der Waals surface area contributed by atoms with Gasteiger partial charge in [-0.1, -0.05) is 23.2 Å². The molecule has 0 radical (unpaired) electrons. The van der Waals surface area contributed by atoms with E-state index in [2.05, 4.69) is 5.32 Å². The van der Waals surface area contributed by atoms with Crippen molar-refractivity contribution in [1.29, 1.82) is 0 Å². The molecule has 1 fully saturated rings. The van der Waals surface area contributed by atoms with Crippen LogP contribution in [0.3, 0.4) is 0 Å². The maximum absolute atomic E-state index is 14.8. The van der Waals surface area contributed by atoms with Gasteiger partial charge in [-0.15, -0.1) is 0 Å². The van der Waals surface area contributed by atoms with Gasteiger partial charge in [0.15, 0.2) is 23.1 Å². The van der Waals surface area contributed by atoms with Gasteiger partial charge in [-0.2, -0.15) is 0 Å². The maximum atomic E-state index is 14.8. The fourth-order valence-corrected chi connectivity index (χ4v) is 4.57. The fraction of sp³-hybridized carbons (Fsp3) is 0.240. The van der Waals surface area contributed by atoms with Gasteiger partial charge in [-0.3, -0.25) is 0 Å². The van der Waals surface area contributed by atoms with Crippen LogP contribution >= 0.6 is 23.2 Å². The first-order chi connectivity index (χ1) is 16.8. The molecule has 1 N–H and O–H groups in total. The number of rotatable bonds is 5. The standard InChI is InChI=1S/C25H19Cl2F2NO5/c26-15-5-8-18(19(27)10-15)25(14-3-6-16(28)7-4-14)34-22-11-20(29)21(12-23(22)35-25)33-24(31)30-13-17-2-1-9-32-17/h3-8,10-12,17H,1-2,9,13H2,(H,30,31). The number of amides is 1. The van der Waals surface area contributed by atoms with Crippen LogP contribution < -0.4 is 19.5 Å². The number of ether oxygens (including phenoxy) is 4. The summed E-state index contributed by atoms with van der Waals surface area (Å²) in [4.78, 5) is 12.2. The third-order valence-corrected chi connectivity index (χ3v) is 6.26. The van der Waals surface area contributed by atoms with Crippen molar-refractivity contribution in [3.63, 3.8) is 0 Å². The second-order valence-electron chi connectivity index (χ2n) is 8.09. The Hall–Kier alpha value is -3.07. The fourth-order valence-electron chi connectivity index (χ4n) is 4.03. The number of hydrogen-bond acceptors (Lipinski definition) is 5. The number of hydrogen-bond donors (Lipinski definition) is 1. The molecular formula is C25H19Cl2F2NO5. The molecule has 2 atom stereocenters. The summed E-state index contributed by atoms with van der Waals surface area (Å²) in [6.45, 7) is 0.902. The predicted molar refractivity (Wildman–Crippen MR) is 124 cm³/mol. The topological polar surface area (TPSA) is 66.0 Å². The zero-order valence-corrected chi connectivity index (χ0v) is 19.7. The summed E-state index contributed by atoms with van der Waals surface area (Å²) in [6.07, 6.45) is 0.830. The molecule has 2 aliphatic rings. The number of carbonyl (C=O) groups excluding carboxylic acids is 1. The Morgan fingerprint density at radius 3 is 2.49 bits per heavy atom. The highest BCUT2D eigenvalue weighted by atomic mass is 35.5. The van der Waals surface area contributed by atoms with Crippen LogP contribution in [0.15, 0.2) is 54.6 Å². The minimum atomic E-state index is -1.66. The van der Waals surface area contributed by atoms with E-state index in [9.17, 15) is 13.6 Å². The highest BCUT2D eigenvalue weighted by Crippen LogP contribution is 2.51. The summed E-state index contributed by atoms with van der Waals surface area (Å²) in [5.74, 6) is -3.16. The van der Waals surface area contributed by atoms with Gasteiger partial charge in [0, 0.05) is 35.9 Å². The first kappa shape index (κ1) is 23.7. The lowest BCUT2D eigenvalue weighted by Crippen LogP contribution is -2.37. The van der Waals surface area contributed by atoms with Crippen LogP contribution in [0.25, 0.3) is 0 Å². The molecule has 2 aliphatic heterocycles.